The maximum atomic E-state index is 11.6. The number of hydrogen-bond donors (Lipinski definition) is 1. The minimum atomic E-state index is 0.0883. The van der Waals surface area contributed by atoms with Crippen molar-refractivity contribution in [3.8, 4) is 0 Å². The van der Waals surface area contributed by atoms with Crippen molar-refractivity contribution in [2.45, 2.75) is 18.9 Å². The van der Waals surface area contributed by atoms with E-state index in [4.69, 9.17) is 11.6 Å². The fourth-order valence-corrected chi connectivity index (χ4v) is 3.03. The zero-order valence-corrected chi connectivity index (χ0v) is 11.4. The third kappa shape index (κ3) is 2.61. The lowest BCUT2D eigenvalue weighted by molar-refractivity contribution is 0.186. The standard InChI is InChI=1S/C13H17ClN4O/c14-12-9-11(1-4-15-12)17-6-2-10(3-7-17)18-8-5-16-13(18)19/h1,4,9-10H,2-3,5-8H2,(H,16,19). The molecule has 2 amide bonds. The number of nitrogens with one attached hydrogen (secondary N) is 1. The molecule has 0 atom stereocenters. The van der Waals surface area contributed by atoms with Gasteiger partial charge < -0.3 is 15.1 Å². The van der Waals surface area contributed by atoms with E-state index in [0.717, 1.165) is 44.7 Å². The first-order chi connectivity index (χ1) is 9.24. The number of carbonyl (C=O) groups is 1. The maximum absolute atomic E-state index is 11.6. The van der Waals surface area contributed by atoms with Gasteiger partial charge in [0.1, 0.15) is 5.15 Å². The van der Waals surface area contributed by atoms with Crippen LogP contribution in [-0.2, 0) is 0 Å². The van der Waals surface area contributed by atoms with Crippen LogP contribution in [-0.4, -0.2) is 48.1 Å². The Bertz CT molecular complexity index is 473. The molecule has 0 saturated carbocycles. The van der Waals surface area contributed by atoms with E-state index in [0.29, 0.717) is 11.2 Å². The first kappa shape index (κ1) is 12.5. The monoisotopic (exact) mass is 280 g/mol. The fourth-order valence-electron chi connectivity index (χ4n) is 2.86. The Morgan fingerprint density at radius 2 is 2.11 bits per heavy atom. The van der Waals surface area contributed by atoms with E-state index in [-0.39, 0.29) is 6.03 Å². The molecule has 2 fully saturated rings. The molecule has 0 bridgehead atoms. The number of anilines is 1. The van der Waals surface area contributed by atoms with Gasteiger partial charge in [0.15, 0.2) is 0 Å². The van der Waals surface area contributed by atoms with Crippen molar-refractivity contribution in [1.29, 1.82) is 0 Å². The van der Waals surface area contributed by atoms with Crippen LogP contribution in [0.25, 0.3) is 0 Å². The molecule has 0 spiro atoms. The van der Waals surface area contributed by atoms with E-state index in [1.807, 2.05) is 17.0 Å². The summed E-state index contributed by atoms with van der Waals surface area (Å²) >= 11 is 5.92. The maximum Gasteiger partial charge on any atom is 0.317 e. The van der Waals surface area contributed by atoms with E-state index in [1.54, 1.807) is 6.20 Å². The summed E-state index contributed by atoms with van der Waals surface area (Å²) in [6.45, 7) is 3.52. The number of amides is 2. The summed E-state index contributed by atoms with van der Waals surface area (Å²) in [6.07, 6.45) is 3.75. The highest BCUT2D eigenvalue weighted by atomic mass is 35.5. The molecule has 2 aliphatic heterocycles. The van der Waals surface area contributed by atoms with Crippen molar-refractivity contribution in [3.63, 3.8) is 0 Å². The summed E-state index contributed by atoms with van der Waals surface area (Å²) in [5, 5.41) is 3.39. The second-order valence-corrected chi connectivity index (χ2v) is 5.37. The Kier molecular flexibility index (Phi) is 3.46. The second kappa shape index (κ2) is 5.25. The average Bonchev–Trinajstić information content (AvgIpc) is 2.85. The topological polar surface area (TPSA) is 48.5 Å². The molecule has 1 aromatic rings. The van der Waals surface area contributed by atoms with Crippen LogP contribution in [0.5, 0.6) is 0 Å². The van der Waals surface area contributed by atoms with Crippen molar-refractivity contribution in [2.75, 3.05) is 31.1 Å². The smallest absolute Gasteiger partial charge is 0.317 e. The largest absolute Gasteiger partial charge is 0.371 e. The average molecular weight is 281 g/mol. The van der Waals surface area contributed by atoms with Crippen molar-refractivity contribution in [2.24, 2.45) is 0 Å². The van der Waals surface area contributed by atoms with E-state index < -0.39 is 0 Å². The number of urea groups is 1. The summed E-state index contributed by atoms with van der Waals surface area (Å²) in [4.78, 5) is 19.9. The Morgan fingerprint density at radius 1 is 1.32 bits per heavy atom. The van der Waals surface area contributed by atoms with Gasteiger partial charge in [0.25, 0.3) is 0 Å². The Labute approximate surface area is 117 Å². The summed E-state index contributed by atoms with van der Waals surface area (Å²) in [5.41, 5.74) is 1.12. The number of aromatic nitrogens is 1. The van der Waals surface area contributed by atoms with Gasteiger partial charge in [-0.3, -0.25) is 0 Å². The molecule has 19 heavy (non-hydrogen) atoms. The fraction of sp³-hybridized carbons (Fsp3) is 0.538. The highest BCUT2D eigenvalue weighted by Crippen LogP contribution is 2.24. The van der Waals surface area contributed by atoms with Crippen molar-refractivity contribution >= 4 is 23.3 Å². The highest BCUT2D eigenvalue weighted by molar-refractivity contribution is 6.29. The molecule has 6 heteroatoms. The molecule has 3 heterocycles. The van der Waals surface area contributed by atoms with Crippen LogP contribution in [0, 0.1) is 0 Å². The Hall–Kier alpha value is -1.49. The van der Waals surface area contributed by atoms with Crippen LogP contribution in [0.4, 0.5) is 10.5 Å². The minimum Gasteiger partial charge on any atom is -0.371 e. The summed E-state index contributed by atoms with van der Waals surface area (Å²) < 4.78 is 0. The number of carbonyl (C=O) groups excluding carboxylic acids is 1. The molecular formula is C13H17ClN4O. The number of pyridine rings is 1. The van der Waals surface area contributed by atoms with Crippen LogP contribution in [0.2, 0.25) is 5.15 Å². The number of nitrogens with zero attached hydrogens (tertiary/aromatic N) is 3. The first-order valence-corrected chi connectivity index (χ1v) is 7.03. The quantitative estimate of drug-likeness (QED) is 0.840. The third-order valence-corrected chi connectivity index (χ3v) is 4.08. The third-order valence-electron chi connectivity index (χ3n) is 3.87. The van der Waals surface area contributed by atoms with Gasteiger partial charge in [-0.05, 0) is 25.0 Å². The van der Waals surface area contributed by atoms with Crippen molar-refractivity contribution < 1.29 is 4.79 Å². The normalized spacial score (nSPS) is 20.8. The lowest BCUT2D eigenvalue weighted by Crippen LogP contribution is -2.46. The molecule has 1 N–H and O–H groups in total. The molecule has 0 radical (unpaired) electrons. The molecule has 2 saturated heterocycles. The Balaban J connectivity index is 1.61. The highest BCUT2D eigenvalue weighted by Gasteiger charge is 2.30. The van der Waals surface area contributed by atoms with Crippen LogP contribution in [0.3, 0.4) is 0 Å². The molecule has 3 rings (SSSR count). The van der Waals surface area contributed by atoms with Gasteiger partial charge >= 0.3 is 6.03 Å². The summed E-state index contributed by atoms with van der Waals surface area (Å²) in [7, 11) is 0. The van der Waals surface area contributed by atoms with E-state index in [9.17, 15) is 4.79 Å². The number of piperidine rings is 1. The predicted molar refractivity (Wildman–Crippen MR) is 74.6 cm³/mol. The number of hydrogen-bond acceptors (Lipinski definition) is 3. The second-order valence-electron chi connectivity index (χ2n) is 4.98. The van der Waals surface area contributed by atoms with Gasteiger partial charge in [0.05, 0.1) is 0 Å². The van der Waals surface area contributed by atoms with Crippen LogP contribution >= 0.6 is 11.6 Å². The predicted octanol–water partition coefficient (Wildman–Crippen LogP) is 1.73. The molecule has 2 aliphatic rings. The lowest BCUT2D eigenvalue weighted by Gasteiger charge is -2.37. The van der Waals surface area contributed by atoms with E-state index in [1.165, 1.54) is 0 Å². The van der Waals surface area contributed by atoms with Gasteiger partial charge in [0, 0.05) is 44.1 Å². The van der Waals surface area contributed by atoms with Gasteiger partial charge in [-0.1, -0.05) is 11.6 Å². The first-order valence-electron chi connectivity index (χ1n) is 6.65. The van der Waals surface area contributed by atoms with Crippen LogP contribution in [0.1, 0.15) is 12.8 Å². The molecule has 5 nitrogen and oxygen atoms in total. The molecular weight excluding hydrogens is 264 g/mol. The van der Waals surface area contributed by atoms with Crippen molar-refractivity contribution in [3.05, 3.63) is 23.5 Å². The zero-order valence-electron chi connectivity index (χ0n) is 10.7. The SMILES string of the molecule is O=C1NCCN1C1CCN(c2ccnc(Cl)c2)CC1. The van der Waals surface area contributed by atoms with Gasteiger partial charge in [-0.15, -0.1) is 0 Å². The molecule has 102 valence electrons. The van der Waals surface area contributed by atoms with Gasteiger partial charge in [0.2, 0.25) is 0 Å². The molecule has 0 aliphatic carbocycles. The van der Waals surface area contributed by atoms with Crippen LogP contribution in [0.15, 0.2) is 18.3 Å². The number of halogens is 1. The van der Waals surface area contributed by atoms with Crippen LogP contribution < -0.4 is 10.2 Å². The zero-order chi connectivity index (χ0) is 13.2. The van der Waals surface area contributed by atoms with E-state index >= 15 is 0 Å². The molecule has 0 aromatic carbocycles. The molecule has 0 unspecified atom stereocenters. The van der Waals surface area contributed by atoms with Gasteiger partial charge in [-0.2, -0.15) is 0 Å². The Morgan fingerprint density at radius 3 is 2.74 bits per heavy atom. The number of rotatable bonds is 2. The summed E-state index contributed by atoms with van der Waals surface area (Å²) in [6, 6.07) is 4.33. The van der Waals surface area contributed by atoms with Crippen molar-refractivity contribution in [1.82, 2.24) is 15.2 Å². The van der Waals surface area contributed by atoms with Gasteiger partial charge in [-0.25, -0.2) is 9.78 Å². The lowest BCUT2D eigenvalue weighted by atomic mass is 10.0. The minimum absolute atomic E-state index is 0.0883. The summed E-state index contributed by atoms with van der Waals surface area (Å²) in [5.74, 6) is 0. The van der Waals surface area contributed by atoms with E-state index in [2.05, 4.69) is 15.2 Å². The molecule has 1 aromatic heterocycles.